The van der Waals surface area contributed by atoms with Gasteiger partial charge in [0.05, 0.1) is 19.9 Å². The number of ether oxygens (including phenoxy) is 2. The first-order valence-corrected chi connectivity index (χ1v) is 11.3. The average Bonchev–Trinajstić information content (AvgIpc) is 3.36. The molecule has 1 amide bonds. The smallest absolute Gasteiger partial charge is 0.491 e. The zero-order valence-electron chi connectivity index (χ0n) is 19.7. The molecule has 4 rings (SSSR count). The fraction of sp³-hybridized carbons (Fsp3) is 0.320. The zero-order chi connectivity index (χ0) is 26.6. The van der Waals surface area contributed by atoms with E-state index < -0.39 is 30.1 Å². The highest BCUT2D eigenvalue weighted by Crippen LogP contribution is 2.27. The molecule has 0 N–H and O–H groups in total. The highest BCUT2D eigenvalue weighted by molar-refractivity contribution is 5.79. The van der Waals surface area contributed by atoms with Gasteiger partial charge in [-0.3, -0.25) is 4.79 Å². The monoisotopic (exact) mass is 521 g/mol. The third-order valence-corrected chi connectivity index (χ3v) is 5.93. The second-order valence-corrected chi connectivity index (χ2v) is 8.28. The SMILES string of the molecule is COc1ccc(N2CCN(C(=O)CCc3cnoc3-c3ccc(F)cc3)C(OC(=O)C(F)(F)F)C2)cc1. The van der Waals surface area contributed by atoms with Crippen LogP contribution in [0.1, 0.15) is 12.0 Å². The lowest BCUT2D eigenvalue weighted by molar-refractivity contribution is -0.213. The summed E-state index contributed by atoms with van der Waals surface area (Å²) in [5.41, 5.74) is 1.81. The number of methoxy groups -OCH3 is 1. The molecule has 2 aromatic carbocycles. The van der Waals surface area contributed by atoms with Crippen LogP contribution in [0.5, 0.6) is 5.75 Å². The van der Waals surface area contributed by atoms with Gasteiger partial charge < -0.3 is 23.8 Å². The third-order valence-electron chi connectivity index (χ3n) is 5.93. The van der Waals surface area contributed by atoms with Crippen molar-refractivity contribution in [2.75, 3.05) is 31.6 Å². The number of carbonyl (C=O) groups excluding carboxylic acids is 2. The Morgan fingerprint density at radius 2 is 1.78 bits per heavy atom. The van der Waals surface area contributed by atoms with Crippen molar-refractivity contribution in [1.82, 2.24) is 10.1 Å². The Balaban J connectivity index is 1.47. The second-order valence-electron chi connectivity index (χ2n) is 8.28. The van der Waals surface area contributed by atoms with Crippen LogP contribution in [-0.4, -0.2) is 61.1 Å². The predicted octanol–water partition coefficient (Wildman–Crippen LogP) is 4.20. The number of nitrogens with zero attached hydrogens (tertiary/aromatic N) is 3. The van der Waals surface area contributed by atoms with E-state index in [2.05, 4.69) is 5.16 Å². The van der Waals surface area contributed by atoms with Crippen LogP contribution in [0.15, 0.2) is 59.3 Å². The van der Waals surface area contributed by atoms with Crippen molar-refractivity contribution in [3.8, 4) is 17.1 Å². The summed E-state index contributed by atoms with van der Waals surface area (Å²) in [4.78, 5) is 27.6. The number of hydrogen-bond donors (Lipinski definition) is 0. The fourth-order valence-electron chi connectivity index (χ4n) is 4.02. The van der Waals surface area contributed by atoms with E-state index in [-0.39, 0.29) is 25.9 Å². The molecule has 1 saturated heterocycles. The molecule has 1 atom stereocenters. The van der Waals surface area contributed by atoms with E-state index in [1.54, 1.807) is 29.2 Å². The molecule has 37 heavy (non-hydrogen) atoms. The first kappa shape index (κ1) is 26.0. The molecule has 1 aliphatic heterocycles. The van der Waals surface area contributed by atoms with Crippen molar-refractivity contribution in [2.45, 2.75) is 25.2 Å². The van der Waals surface area contributed by atoms with E-state index in [0.717, 1.165) is 4.90 Å². The summed E-state index contributed by atoms with van der Waals surface area (Å²) in [6, 6.07) is 12.4. The van der Waals surface area contributed by atoms with Gasteiger partial charge in [-0.1, -0.05) is 5.16 Å². The van der Waals surface area contributed by atoms with Crippen LogP contribution in [0.3, 0.4) is 0 Å². The predicted molar refractivity (Wildman–Crippen MR) is 123 cm³/mol. The zero-order valence-corrected chi connectivity index (χ0v) is 19.7. The quantitative estimate of drug-likeness (QED) is 0.340. The number of halogens is 4. The highest BCUT2D eigenvalue weighted by Gasteiger charge is 2.44. The van der Waals surface area contributed by atoms with E-state index in [1.807, 2.05) is 0 Å². The maximum Gasteiger partial charge on any atom is 0.491 e. The second kappa shape index (κ2) is 10.9. The number of piperazine rings is 1. The average molecular weight is 521 g/mol. The van der Waals surface area contributed by atoms with Crippen molar-refractivity contribution >= 4 is 17.6 Å². The van der Waals surface area contributed by atoms with E-state index in [1.165, 1.54) is 37.6 Å². The highest BCUT2D eigenvalue weighted by atomic mass is 19.4. The number of esters is 1. The molecule has 196 valence electrons. The van der Waals surface area contributed by atoms with Gasteiger partial charge in [0.1, 0.15) is 11.6 Å². The maximum atomic E-state index is 13.2. The van der Waals surface area contributed by atoms with E-state index in [9.17, 15) is 27.2 Å². The molecule has 0 radical (unpaired) electrons. The molecule has 0 aliphatic carbocycles. The van der Waals surface area contributed by atoms with Crippen LogP contribution in [-0.2, 0) is 20.7 Å². The molecule has 1 fully saturated rings. The van der Waals surface area contributed by atoms with E-state index in [4.69, 9.17) is 14.0 Å². The van der Waals surface area contributed by atoms with Gasteiger partial charge in [0.2, 0.25) is 5.91 Å². The first-order chi connectivity index (χ1) is 17.7. The van der Waals surface area contributed by atoms with E-state index in [0.29, 0.717) is 34.9 Å². The Hall–Kier alpha value is -4.09. The third kappa shape index (κ3) is 6.19. The minimum atomic E-state index is -5.20. The van der Waals surface area contributed by atoms with Gasteiger partial charge in [0.25, 0.3) is 0 Å². The number of aromatic nitrogens is 1. The molecular formula is C25H23F4N3O5. The number of amides is 1. The summed E-state index contributed by atoms with van der Waals surface area (Å²) in [7, 11) is 1.51. The van der Waals surface area contributed by atoms with Crippen LogP contribution < -0.4 is 9.64 Å². The molecule has 0 bridgehead atoms. The molecule has 3 aromatic rings. The molecular weight excluding hydrogens is 498 g/mol. The van der Waals surface area contributed by atoms with Gasteiger partial charge in [-0.2, -0.15) is 13.2 Å². The molecule has 2 heterocycles. The van der Waals surface area contributed by atoms with Crippen molar-refractivity contribution in [3.05, 3.63) is 66.1 Å². The number of alkyl halides is 3. The Bertz CT molecular complexity index is 1230. The number of anilines is 1. The molecule has 1 unspecified atom stereocenters. The Labute approximate surface area is 209 Å². The van der Waals surface area contributed by atoms with Gasteiger partial charge in [0.15, 0.2) is 12.0 Å². The van der Waals surface area contributed by atoms with Crippen LogP contribution >= 0.6 is 0 Å². The topological polar surface area (TPSA) is 85.1 Å². The van der Waals surface area contributed by atoms with Crippen molar-refractivity contribution < 1.29 is 41.1 Å². The van der Waals surface area contributed by atoms with Gasteiger partial charge in [-0.15, -0.1) is 0 Å². The van der Waals surface area contributed by atoms with Gasteiger partial charge >= 0.3 is 12.1 Å². The lowest BCUT2D eigenvalue weighted by Crippen LogP contribution is -2.57. The van der Waals surface area contributed by atoms with Crippen LogP contribution in [0, 0.1) is 5.82 Å². The maximum absolute atomic E-state index is 13.2. The first-order valence-electron chi connectivity index (χ1n) is 11.3. The van der Waals surface area contributed by atoms with E-state index >= 15 is 0 Å². The molecule has 0 spiro atoms. The van der Waals surface area contributed by atoms with Gasteiger partial charge in [-0.25, -0.2) is 9.18 Å². The largest absolute Gasteiger partial charge is 0.497 e. The minimum absolute atomic E-state index is 0.0368. The molecule has 1 aliphatic rings. The molecule has 8 nitrogen and oxygen atoms in total. The summed E-state index contributed by atoms with van der Waals surface area (Å²) >= 11 is 0. The molecule has 1 aromatic heterocycles. The van der Waals surface area contributed by atoms with Crippen molar-refractivity contribution in [2.24, 2.45) is 0 Å². The van der Waals surface area contributed by atoms with Crippen LogP contribution in [0.4, 0.5) is 23.2 Å². The lowest BCUT2D eigenvalue weighted by atomic mass is 10.0. The van der Waals surface area contributed by atoms with Crippen molar-refractivity contribution in [1.29, 1.82) is 0 Å². The summed E-state index contributed by atoms with van der Waals surface area (Å²) in [6.07, 6.45) is -5.17. The normalized spacial score (nSPS) is 16.0. The fourth-order valence-corrected chi connectivity index (χ4v) is 4.02. The molecule has 12 heteroatoms. The minimum Gasteiger partial charge on any atom is -0.497 e. The Morgan fingerprint density at radius 3 is 2.43 bits per heavy atom. The number of rotatable bonds is 7. The number of benzene rings is 2. The number of hydrogen-bond acceptors (Lipinski definition) is 7. The number of aryl methyl sites for hydroxylation is 1. The van der Waals surface area contributed by atoms with Crippen molar-refractivity contribution in [3.63, 3.8) is 0 Å². The number of carbonyl (C=O) groups is 2. The Morgan fingerprint density at radius 1 is 1.08 bits per heavy atom. The lowest BCUT2D eigenvalue weighted by Gasteiger charge is -2.41. The summed E-state index contributed by atoms with van der Waals surface area (Å²) < 4.78 is 67.2. The Kier molecular flexibility index (Phi) is 7.65. The van der Waals surface area contributed by atoms with Crippen LogP contribution in [0.25, 0.3) is 11.3 Å². The molecule has 0 saturated carbocycles. The summed E-state index contributed by atoms with van der Waals surface area (Å²) in [5.74, 6) is -2.33. The standard InChI is InChI=1S/C25H23F4N3O5/c1-35-20-9-7-19(8-10-20)31-12-13-32(22(15-31)36-24(34)25(27,28)29)21(33)11-4-17-14-30-37-23(17)16-2-5-18(26)6-3-16/h2-3,5-10,14,22H,4,11-13,15H2,1H3. The van der Waals surface area contributed by atoms with Crippen LogP contribution in [0.2, 0.25) is 0 Å². The van der Waals surface area contributed by atoms with Gasteiger partial charge in [-0.05, 0) is 55.0 Å². The summed E-state index contributed by atoms with van der Waals surface area (Å²) in [6.45, 7) is 0.204. The van der Waals surface area contributed by atoms with Gasteiger partial charge in [0, 0.05) is 36.3 Å². The summed E-state index contributed by atoms with van der Waals surface area (Å²) in [5, 5.41) is 3.74.